The molecule has 0 radical (unpaired) electrons. The molecule has 0 fully saturated rings. The predicted molar refractivity (Wildman–Crippen MR) is 117 cm³/mol. The summed E-state index contributed by atoms with van der Waals surface area (Å²) in [5.41, 5.74) is 1.18. The molecule has 0 atom stereocenters. The van der Waals surface area contributed by atoms with E-state index in [4.69, 9.17) is 0 Å². The van der Waals surface area contributed by atoms with Crippen LogP contribution in [0.2, 0.25) is 0 Å². The summed E-state index contributed by atoms with van der Waals surface area (Å²) in [4.78, 5) is 42.2. The van der Waals surface area contributed by atoms with Gasteiger partial charge in [0, 0.05) is 24.0 Å². The van der Waals surface area contributed by atoms with Crippen LogP contribution in [-0.4, -0.2) is 42.9 Å². The number of aromatic nitrogens is 4. The molecular formula is C22H25FN6O3. The number of aromatic amines is 1. The Morgan fingerprint density at radius 3 is 2.44 bits per heavy atom. The summed E-state index contributed by atoms with van der Waals surface area (Å²) in [7, 11) is 1.62. The number of H-pyrrole nitrogens is 1. The highest BCUT2D eigenvalue weighted by Gasteiger charge is 2.30. The second-order valence-electron chi connectivity index (χ2n) is 8.50. The second kappa shape index (κ2) is 8.37. The molecule has 2 heterocycles. The van der Waals surface area contributed by atoms with E-state index in [2.05, 4.69) is 25.8 Å². The van der Waals surface area contributed by atoms with Gasteiger partial charge in [-0.3, -0.25) is 19.5 Å². The summed E-state index contributed by atoms with van der Waals surface area (Å²) >= 11 is 0. The molecule has 2 amide bonds. The SMILES string of the molecule is Cc1c(C(=O)Nc2ccc(F)c(-c3nc[nH]n3)c2)c(C)n(C)c1C(=O)C(=O)NC(C)(C)C. The average Bonchev–Trinajstić information content (AvgIpc) is 3.29. The average molecular weight is 440 g/mol. The van der Waals surface area contributed by atoms with Gasteiger partial charge in [0.05, 0.1) is 16.8 Å². The number of ketones is 1. The maximum Gasteiger partial charge on any atom is 0.294 e. The van der Waals surface area contributed by atoms with Gasteiger partial charge in [-0.05, 0) is 58.4 Å². The molecule has 3 rings (SSSR count). The Kier molecular flexibility index (Phi) is 5.98. The van der Waals surface area contributed by atoms with E-state index in [1.165, 1.54) is 29.1 Å². The van der Waals surface area contributed by atoms with Crippen molar-refractivity contribution in [3.63, 3.8) is 0 Å². The molecule has 0 bridgehead atoms. The number of anilines is 1. The molecule has 0 aliphatic rings. The Balaban J connectivity index is 1.92. The third-order valence-electron chi connectivity index (χ3n) is 4.95. The fourth-order valence-electron chi connectivity index (χ4n) is 3.45. The van der Waals surface area contributed by atoms with Crippen LogP contribution >= 0.6 is 0 Å². The van der Waals surface area contributed by atoms with Crippen molar-refractivity contribution in [1.82, 2.24) is 25.1 Å². The van der Waals surface area contributed by atoms with Gasteiger partial charge < -0.3 is 15.2 Å². The van der Waals surface area contributed by atoms with Gasteiger partial charge in [-0.15, -0.1) is 0 Å². The number of rotatable bonds is 5. The standard InChI is InChI=1S/C22H25FN6O3/c1-11-16(12(2)29(6)17(11)18(30)21(32)27-22(3,4)5)20(31)26-13-7-8-15(23)14(9-13)19-24-10-25-28-19/h7-10H,1-6H3,(H,26,31)(H,27,32)(H,24,25,28). The molecule has 3 aromatic rings. The number of nitrogens with zero attached hydrogens (tertiary/aromatic N) is 3. The molecule has 0 aliphatic carbocycles. The van der Waals surface area contributed by atoms with E-state index in [1.807, 2.05) is 0 Å². The molecule has 9 nitrogen and oxygen atoms in total. The van der Waals surface area contributed by atoms with Crippen molar-refractivity contribution >= 4 is 23.3 Å². The quantitative estimate of drug-likeness (QED) is 0.416. The van der Waals surface area contributed by atoms with Crippen molar-refractivity contribution in [2.24, 2.45) is 7.05 Å². The van der Waals surface area contributed by atoms with E-state index in [-0.39, 0.29) is 22.6 Å². The maximum atomic E-state index is 14.2. The van der Waals surface area contributed by atoms with Crippen molar-refractivity contribution in [3.05, 3.63) is 52.9 Å². The Bertz CT molecular complexity index is 1210. The molecule has 1 aromatic carbocycles. The second-order valence-corrected chi connectivity index (χ2v) is 8.50. The molecule has 168 valence electrons. The number of halogens is 1. The summed E-state index contributed by atoms with van der Waals surface area (Å²) in [6.45, 7) is 8.62. The third-order valence-corrected chi connectivity index (χ3v) is 4.95. The first kappa shape index (κ1) is 22.9. The van der Waals surface area contributed by atoms with E-state index in [9.17, 15) is 18.8 Å². The first-order valence-electron chi connectivity index (χ1n) is 9.90. The number of carbonyl (C=O) groups is 3. The third kappa shape index (κ3) is 4.43. The van der Waals surface area contributed by atoms with E-state index in [0.717, 1.165) is 0 Å². The van der Waals surface area contributed by atoms with Gasteiger partial charge >= 0.3 is 0 Å². The summed E-state index contributed by atoms with van der Waals surface area (Å²) in [6, 6.07) is 4.05. The predicted octanol–water partition coefficient (Wildman–Crippen LogP) is 2.92. The van der Waals surface area contributed by atoms with Crippen LogP contribution in [0.3, 0.4) is 0 Å². The minimum absolute atomic E-state index is 0.125. The minimum Gasteiger partial charge on any atom is -0.345 e. The number of benzene rings is 1. The van der Waals surface area contributed by atoms with E-state index >= 15 is 0 Å². The van der Waals surface area contributed by atoms with Gasteiger partial charge in [0.25, 0.3) is 17.6 Å². The van der Waals surface area contributed by atoms with Crippen LogP contribution in [0, 0.1) is 19.7 Å². The fourth-order valence-corrected chi connectivity index (χ4v) is 3.45. The van der Waals surface area contributed by atoms with Crippen molar-refractivity contribution < 1.29 is 18.8 Å². The number of amides is 2. The number of nitrogens with one attached hydrogen (secondary N) is 3. The lowest BCUT2D eigenvalue weighted by molar-refractivity contribution is -0.118. The summed E-state index contributed by atoms with van der Waals surface area (Å²) < 4.78 is 15.7. The van der Waals surface area contributed by atoms with Gasteiger partial charge in [0.2, 0.25) is 0 Å². The normalized spacial score (nSPS) is 11.3. The van der Waals surface area contributed by atoms with E-state index in [0.29, 0.717) is 16.9 Å². The lowest BCUT2D eigenvalue weighted by Gasteiger charge is -2.20. The smallest absolute Gasteiger partial charge is 0.294 e. The summed E-state index contributed by atoms with van der Waals surface area (Å²) in [5, 5.41) is 11.7. The summed E-state index contributed by atoms with van der Waals surface area (Å²) in [6.07, 6.45) is 1.32. The van der Waals surface area contributed by atoms with Crippen molar-refractivity contribution in [3.8, 4) is 11.4 Å². The van der Waals surface area contributed by atoms with Crippen LogP contribution in [0.5, 0.6) is 0 Å². The first-order valence-corrected chi connectivity index (χ1v) is 9.90. The highest BCUT2D eigenvalue weighted by molar-refractivity contribution is 6.43. The molecule has 3 N–H and O–H groups in total. The monoisotopic (exact) mass is 440 g/mol. The highest BCUT2D eigenvalue weighted by atomic mass is 19.1. The largest absolute Gasteiger partial charge is 0.345 e. The topological polar surface area (TPSA) is 122 Å². The van der Waals surface area contributed by atoms with E-state index in [1.54, 1.807) is 41.7 Å². The first-order chi connectivity index (χ1) is 14.9. The highest BCUT2D eigenvalue weighted by Crippen LogP contribution is 2.26. The summed E-state index contributed by atoms with van der Waals surface area (Å²) in [5.74, 6) is -2.34. The van der Waals surface area contributed by atoms with Gasteiger partial charge in [-0.25, -0.2) is 9.37 Å². The van der Waals surface area contributed by atoms with Crippen LogP contribution in [0.4, 0.5) is 10.1 Å². The Morgan fingerprint density at radius 2 is 1.84 bits per heavy atom. The molecule has 0 saturated heterocycles. The van der Waals surface area contributed by atoms with Crippen LogP contribution in [-0.2, 0) is 11.8 Å². The molecule has 10 heteroatoms. The van der Waals surface area contributed by atoms with Gasteiger partial charge in [-0.1, -0.05) is 0 Å². The number of Topliss-reactive ketones (excluding diaryl/α,β-unsaturated/α-hetero) is 1. The van der Waals surface area contributed by atoms with Crippen molar-refractivity contribution in [1.29, 1.82) is 0 Å². The molecule has 0 unspecified atom stereocenters. The number of carbonyl (C=O) groups excluding carboxylic acids is 3. The number of hydrogen-bond donors (Lipinski definition) is 3. The van der Waals surface area contributed by atoms with Gasteiger partial charge in [0.1, 0.15) is 12.1 Å². The van der Waals surface area contributed by atoms with Crippen molar-refractivity contribution in [2.75, 3.05) is 5.32 Å². The van der Waals surface area contributed by atoms with E-state index < -0.39 is 29.0 Å². The zero-order chi connectivity index (χ0) is 23.8. The van der Waals surface area contributed by atoms with Crippen LogP contribution in [0.25, 0.3) is 11.4 Å². The molecule has 0 aliphatic heterocycles. The van der Waals surface area contributed by atoms with Gasteiger partial charge in [0.15, 0.2) is 5.82 Å². The van der Waals surface area contributed by atoms with Crippen LogP contribution in [0.1, 0.15) is 52.9 Å². The zero-order valence-corrected chi connectivity index (χ0v) is 18.8. The molecule has 32 heavy (non-hydrogen) atoms. The number of hydrogen-bond acceptors (Lipinski definition) is 5. The molecular weight excluding hydrogens is 415 g/mol. The van der Waals surface area contributed by atoms with Crippen LogP contribution in [0.15, 0.2) is 24.5 Å². The maximum absolute atomic E-state index is 14.2. The lowest BCUT2D eigenvalue weighted by Crippen LogP contribution is -2.44. The van der Waals surface area contributed by atoms with Crippen LogP contribution < -0.4 is 10.6 Å². The Labute approximate surface area is 184 Å². The molecule has 2 aromatic heterocycles. The lowest BCUT2D eigenvalue weighted by atomic mass is 10.1. The fraction of sp³-hybridized carbons (Fsp3) is 0.318. The Morgan fingerprint density at radius 1 is 1.16 bits per heavy atom. The zero-order valence-electron chi connectivity index (χ0n) is 18.8. The molecule has 0 saturated carbocycles. The molecule has 0 spiro atoms. The minimum atomic E-state index is -0.747. The van der Waals surface area contributed by atoms with Gasteiger partial charge in [-0.2, -0.15) is 5.10 Å². The van der Waals surface area contributed by atoms with Crippen molar-refractivity contribution in [2.45, 2.75) is 40.2 Å². The Hall–Kier alpha value is -3.82.